The summed E-state index contributed by atoms with van der Waals surface area (Å²) in [6.07, 6.45) is -1.24. The molecule has 5 rings (SSSR count). The molecule has 0 spiro atoms. The number of fused-ring (bicyclic) bond motifs is 1. The van der Waals surface area contributed by atoms with E-state index in [9.17, 15) is 19.8 Å². The molecule has 1 unspecified atom stereocenters. The first kappa shape index (κ1) is 36.3. The molecule has 264 valence electrons. The van der Waals surface area contributed by atoms with Crippen LogP contribution in [-0.2, 0) is 33.5 Å². The molecule has 1 heterocycles. The number of aliphatic hydroxyl groups is 2. The van der Waals surface area contributed by atoms with Gasteiger partial charge in [-0.25, -0.2) is 4.79 Å². The smallest absolute Gasteiger partial charge is 0.407 e. The summed E-state index contributed by atoms with van der Waals surface area (Å²) in [5.41, 5.74) is 3.02. The summed E-state index contributed by atoms with van der Waals surface area (Å²) < 4.78 is 16.9. The van der Waals surface area contributed by atoms with Crippen molar-refractivity contribution < 1.29 is 34.0 Å². The van der Waals surface area contributed by atoms with Crippen molar-refractivity contribution in [2.45, 2.75) is 76.3 Å². The maximum atomic E-state index is 13.9. The van der Waals surface area contributed by atoms with Gasteiger partial charge in [-0.1, -0.05) is 66.7 Å². The summed E-state index contributed by atoms with van der Waals surface area (Å²) >= 11 is 0. The number of hydrogen-bond acceptors (Lipinski definition) is 8. The van der Waals surface area contributed by atoms with Crippen molar-refractivity contribution >= 4 is 12.0 Å². The molecule has 1 aliphatic carbocycles. The first-order valence-electron chi connectivity index (χ1n) is 17.3. The van der Waals surface area contributed by atoms with Crippen molar-refractivity contribution in [2.75, 3.05) is 39.5 Å². The molecular weight excluding hydrogens is 622 g/mol. The van der Waals surface area contributed by atoms with E-state index in [4.69, 9.17) is 14.2 Å². The van der Waals surface area contributed by atoms with Gasteiger partial charge < -0.3 is 35.1 Å². The Bertz CT molecular complexity index is 1490. The Labute approximate surface area is 289 Å². The molecule has 10 nitrogen and oxygen atoms in total. The number of carbonyl (C=O) groups excluding carboxylic acids is 2. The van der Waals surface area contributed by atoms with Gasteiger partial charge >= 0.3 is 6.09 Å². The number of benzene rings is 3. The van der Waals surface area contributed by atoms with Gasteiger partial charge in [0.25, 0.3) is 0 Å². The third-order valence-electron chi connectivity index (χ3n) is 9.05. The zero-order chi connectivity index (χ0) is 34.8. The lowest BCUT2D eigenvalue weighted by atomic mass is 9.88. The van der Waals surface area contributed by atoms with Gasteiger partial charge in [-0.2, -0.15) is 0 Å². The lowest BCUT2D eigenvalue weighted by molar-refractivity contribution is -0.127. The van der Waals surface area contributed by atoms with E-state index < -0.39 is 41.9 Å². The largest absolute Gasteiger partial charge is 0.492 e. The third-order valence-corrected chi connectivity index (χ3v) is 9.05. The lowest BCUT2D eigenvalue weighted by Gasteiger charge is -2.30. The highest BCUT2D eigenvalue weighted by Gasteiger charge is 2.35. The minimum atomic E-state index is -1.09. The highest BCUT2D eigenvalue weighted by Crippen LogP contribution is 2.32. The summed E-state index contributed by atoms with van der Waals surface area (Å²) in [5.74, 6) is -0.162. The number of carbonyl (C=O) groups is 2. The van der Waals surface area contributed by atoms with Gasteiger partial charge in [-0.3, -0.25) is 9.69 Å². The summed E-state index contributed by atoms with van der Waals surface area (Å²) in [6.45, 7) is 10.0. The first-order chi connectivity index (χ1) is 23.5. The number of morpholine rings is 1. The predicted octanol–water partition coefficient (Wildman–Crippen LogP) is 4.22. The molecule has 10 heteroatoms. The Hall–Kier alpha value is -3.96. The number of aliphatic hydroxyl groups excluding tert-OH is 2. The Kier molecular flexibility index (Phi) is 12.7. The molecule has 4 N–H and O–H groups in total. The number of alkyl carbamates (subject to hydrolysis) is 1. The van der Waals surface area contributed by atoms with Crippen LogP contribution in [0.4, 0.5) is 4.79 Å². The highest BCUT2D eigenvalue weighted by atomic mass is 16.6. The van der Waals surface area contributed by atoms with Gasteiger partial charge in [0.05, 0.1) is 37.5 Å². The highest BCUT2D eigenvalue weighted by molar-refractivity contribution is 5.80. The Morgan fingerprint density at radius 3 is 2.33 bits per heavy atom. The molecule has 1 saturated heterocycles. The second-order valence-electron chi connectivity index (χ2n) is 14.0. The minimum absolute atomic E-state index is 0.0778. The average molecular weight is 674 g/mol. The molecule has 0 radical (unpaired) electrons. The van der Waals surface area contributed by atoms with Crippen LogP contribution in [0.2, 0.25) is 0 Å². The second-order valence-corrected chi connectivity index (χ2v) is 14.0. The lowest BCUT2D eigenvalue weighted by Crippen LogP contribution is -2.48. The Morgan fingerprint density at radius 2 is 1.61 bits per heavy atom. The topological polar surface area (TPSA) is 130 Å². The molecule has 2 aliphatic rings. The van der Waals surface area contributed by atoms with Crippen LogP contribution in [-0.4, -0.2) is 90.4 Å². The molecule has 3 aromatic carbocycles. The fourth-order valence-corrected chi connectivity index (χ4v) is 6.49. The molecule has 3 aromatic rings. The number of amides is 2. The summed E-state index contributed by atoms with van der Waals surface area (Å²) in [4.78, 5) is 29.2. The standard InChI is InChI=1S/C39H51N3O7/c1-39(2,3)49-38(46)40-33(24-28-13-15-31(16-14-28)48-22-19-42-17-20-47-21-18-42)34(43)26-30(23-27-9-5-4-6-10-27)37(45)41-36-32-12-8-7-11-29(32)25-35(36)44/h4-16,30,33-36,43-44H,17-26H2,1-3H3,(H,40,46)(H,41,45)/t30-,33+,34+,35-,36?/m1/s1. The molecule has 49 heavy (non-hydrogen) atoms. The van der Waals surface area contributed by atoms with Crippen LogP contribution in [0, 0.1) is 5.92 Å². The summed E-state index contributed by atoms with van der Waals surface area (Å²) in [7, 11) is 0. The van der Waals surface area contributed by atoms with Gasteiger partial charge in [0.1, 0.15) is 18.0 Å². The fourth-order valence-electron chi connectivity index (χ4n) is 6.49. The van der Waals surface area contributed by atoms with Crippen molar-refractivity contribution in [1.82, 2.24) is 15.5 Å². The molecule has 1 fully saturated rings. The number of ether oxygens (including phenoxy) is 3. The molecule has 1 aliphatic heterocycles. The van der Waals surface area contributed by atoms with Crippen molar-refractivity contribution in [1.29, 1.82) is 0 Å². The summed E-state index contributed by atoms with van der Waals surface area (Å²) in [6, 6.07) is 23.7. The zero-order valence-corrected chi connectivity index (χ0v) is 28.8. The van der Waals surface area contributed by atoms with E-state index in [1.807, 2.05) is 78.9 Å². The van der Waals surface area contributed by atoms with Gasteiger partial charge in [0.15, 0.2) is 0 Å². The van der Waals surface area contributed by atoms with E-state index in [1.165, 1.54) is 0 Å². The van der Waals surface area contributed by atoms with Gasteiger partial charge in [-0.05, 0) is 74.4 Å². The molecule has 5 atom stereocenters. The normalized spacial score (nSPS) is 19.7. The van der Waals surface area contributed by atoms with Crippen molar-refractivity contribution in [3.05, 3.63) is 101 Å². The second kappa shape index (κ2) is 17.1. The van der Waals surface area contributed by atoms with Crippen LogP contribution in [0.15, 0.2) is 78.9 Å². The first-order valence-corrected chi connectivity index (χ1v) is 17.3. The quantitative estimate of drug-likeness (QED) is 0.200. The molecular formula is C39H51N3O7. The van der Waals surface area contributed by atoms with E-state index >= 15 is 0 Å². The summed E-state index contributed by atoms with van der Waals surface area (Å²) in [5, 5.41) is 28.5. The van der Waals surface area contributed by atoms with Crippen LogP contribution < -0.4 is 15.4 Å². The van der Waals surface area contributed by atoms with Crippen LogP contribution in [0.1, 0.15) is 55.5 Å². The molecule has 0 aromatic heterocycles. The predicted molar refractivity (Wildman–Crippen MR) is 187 cm³/mol. The zero-order valence-electron chi connectivity index (χ0n) is 28.8. The van der Waals surface area contributed by atoms with Crippen LogP contribution >= 0.6 is 0 Å². The number of hydrogen-bond donors (Lipinski definition) is 4. The minimum Gasteiger partial charge on any atom is -0.492 e. The Balaban J connectivity index is 1.29. The van der Waals surface area contributed by atoms with E-state index in [-0.39, 0.29) is 12.3 Å². The van der Waals surface area contributed by atoms with Crippen LogP contribution in [0.5, 0.6) is 5.75 Å². The van der Waals surface area contributed by atoms with Gasteiger partial charge in [0.2, 0.25) is 5.91 Å². The number of rotatable bonds is 14. The molecule has 2 amide bonds. The van der Waals surface area contributed by atoms with Gasteiger partial charge in [0, 0.05) is 32.0 Å². The maximum Gasteiger partial charge on any atom is 0.407 e. The number of nitrogens with one attached hydrogen (secondary N) is 2. The third kappa shape index (κ3) is 11.0. The van der Waals surface area contributed by atoms with Crippen molar-refractivity contribution in [2.24, 2.45) is 5.92 Å². The number of nitrogens with zero attached hydrogens (tertiary/aromatic N) is 1. The van der Waals surface area contributed by atoms with Crippen molar-refractivity contribution in [3.8, 4) is 5.75 Å². The van der Waals surface area contributed by atoms with Crippen LogP contribution in [0.25, 0.3) is 0 Å². The van der Waals surface area contributed by atoms with E-state index in [2.05, 4.69) is 15.5 Å². The van der Waals surface area contributed by atoms with Crippen LogP contribution in [0.3, 0.4) is 0 Å². The average Bonchev–Trinajstić information content (AvgIpc) is 3.39. The monoisotopic (exact) mass is 673 g/mol. The van der Waals surface area contributed by atoms with E-state index in [0.717, 1.165) is 60.9 Å². The van der Waals surface area contributed by atoms with Crippen molar-refractivity contribution in [3.63, 3.8) is 0 Å². The van der Waals surface area contributed by atoms with E-state index in [0.29, 0.717) is 25.9 Å². The van der Waals surface area contributed by atoms with E-state index in [1.54, 1.807) is 20.8 Å². The Morgan fingerprint density at radius 1 is 0.939 bits per heavy atom. The molecule has 0 saturated carbocycles. The fraction of sp³-hybridized carbons (Fsp3) is 0.487. The van der Waals surface area contributed by atoms with Gasteiger partial charge in [-0.15, -0.1) is 0 Å². The maximum absolute atomic E-state index is 13.9. The SMILES string of the molecule is CC(C)(C)OC(=O)N[C@@H](Cc1ccc(OCCN2CCOCC2)cc1)[C@@H](O)C[C@@H](Cc1ccccc1)C(=O)NC1c2ccccc2C[C@H]1O. The molecule has 0 bridgehead atoms.